The highest BCUT2D eigenvalue weighted by molar-refractivity contribution is 6.03. The largest absolute Gasteiger partial charge is 0.508 e. The second-order valence-corrected chi connectivity index (χ2v) is 16.0. The SMILES string of the molecule is C=CCO[C@@]12Oc3ccc(O)cc3[C@H]3[C@H](CCCCO)[C@@H](CCCCO)C=C(C(=NOCC)C[C@@H]1N(Cc1cccc4ccccc14)C(=O)C=Cc1ccc([N+](=O)[O-])cc1)[C@H]32. The number of aliphatic hydroxyl groups excluding tert-OH is 2. The number of non-ortho nitro benzene ring substituents is 1. The number of unbranched alkanes of at least 4 members (excludes halogenated alkanes) is 2. The van der Waals surface area contributed by atoms with E-state index < -0.39 is 22.7 Å². The number of phenolic OH excluding ortho intramolecular Hbond substituents is 1. The van der Waals surface area contributed by atoms with Crippen molar-refractivity contribution in [3.8, 4) is 11.5 Å². The molecule has 6 atom stereocenters. The van der Waals surface area contributed by atoms with Crippen LogP contribution in [-0.4, -0.2) is 75.0 Å². The van der Waals surface area contributed by atoms with Gasteiger partial charge in [0.25, 0.3) is 5.69 Å². The lowest BCUT2D eigenvalue weighted by atomic mass is 9.55. The molecular weight excluding hydrogens is 775 g/mol. The number of benzene rings is 4. The van der Waals surface area contributed by atoms with Gasteiger partial charge in [-0.05, 0) is 108 Å². The number of hydrogen-bond donors (Lipinski definition) is 3. The van der Waals surface area contributed by atoms with Gasteiger partial charge in [0.1, 0.15) is 24.1 Å². The predicted octanol–water partition coefficient (Wildman–Crippen LogP) is 8.85. The second-order valence-electron chi connectivity index (χ2n) is 16.0. The first kappa shape index (κ1) is 43.3. The highest BCUT2D eigenvalue weighted by Gasteiger charge is 2.65. The van der Waals surface area contributed by atoms with Crippen molar-refractivity contribution >= 4 is 34.2 Å². The van der Waals surface area contributed by atoms with Gasteiger partial charge in [-0.1, -0.05) is 72.6 Å². The van der Waals surface area contributed by atoms with Gasteiger partial charge in [-0.2, -0.15) is 0 Å². The van der Waals surface area contributed by atoms with Gasteiger partial charge in [-0.15, -0.1) is 6.58 Å². The van der Waals surface area contributed by atoms with Crippen LogP contribution < -0.4 is 4.74 Å². The number of carbonyl (C=O) groups excluding carboxylic acids is 1. The summed E-state index contributed by atoms with van der Waals surface area (Å²) >= 11 is 0. The summed E-state index contributed by atoms with van der Waals surface area (Å²) in [5.74, 6) is -1.95. The van der Waals surface area contributed by atoms with Crippen molar-refractivity contribution in [2.24, 2.45) is 22.9 Å². The van der Waals surface area contributed by atoms with Gasteiger partial charge in [0.2, 0.25) is 11.7 Å². The van der Waals surface area contributed by atoms with Crippen LogP contribution in [0.5, 0.6) is 11.5 Å². The third-order valence-electron chi connectivity index (χ3n) is 12.4. The molecule has 12 heteroatoms. The topological polar surface area (TPSA) is 164 Å². The number of nitrogens with zero attached hydrogens (tertiary/aromatic N) is 3. The van der Waals surface area contributed by atoms with Crippen molar-refractivity contribution < 1.29 is 39.3 Å². The van der Waals surface area contributed by atoms with E-state index in [1.165, 1.54) is 18.2 Å². The summed E-state index contributed by atoms with van der Waals surface area (Å²) in [6.07, 6.45) is 11.7. The van der Waals surface area contributed by atoms with Crippen LogP contribution in [0.3, 0.4) is 0 Å². The van der Waals surface area contributed by atoms with Crippen molar-refractivity contribution in [2.45, 2.75) is 76.2 Å². The second kappa shape index (κ2) is 19.7. The van der Waals surface area contributed by atoms with Gasteiger partial charge < -0.3 is 34.5 Å². The summed E-state index contributed by atoms with van der Waals surface area (Å²) in [6, 6.07) is 24.4. The molecule has 2 aliphatic carbocycles. The minimum Gasteiger partial charge on any atom is -0.508 e. The Morgan fingerprint density at radius 2 is 1.77 bits per heavy atom. The van der Waals surface area contributed by atoms with Crippen molar-refractivity contribution in [1.29, 1.82) is 0 Å². The standard InChI is InChI=1S/C49H55N3O9/c1-3-28-59-49-45(51(32-36-15-11-14-34-12-5-6-16-39(34)36)46(56)25-20-33-18-21-37(22-19-33)52(57)58)31-43(50-60-4-2)41-29-35(13-7-9-26-53)40(17-8-10-27-54)47(48(41)49)42-30-38(55)23-24-44(42)61-49/h3,5-6,11-12,14-16,18-25,29-30,35,40,45,47-48,53-55H,1,4,7-10,13,17,26-28,31-32H2,2H3/t35-,40+,45-,47+,48+,49+/m0/s1. The van der Waals surface area contributed by atoms with Crippen molar-refractivity contribution in [2.75, 3.05) is 26.4 Å². The number of nitro groups is 1. The molecule has 12 nitrogen and oxygen atoms in total. The van der Waals surface area contributed by atoms with E-state index in [-0.39, 0.29) is 67.9 Å². The molecule has 1 amide bonds. The Balaban J connectivity index is 1.45. The third kappa shape index (κ3) is 9.12. The fraction of sp³-hybridized carbons (Fsp3) is 0.388. The quantitative estimate of drug-likeness (QED) is 0.0275. The molecule has 1 saturated carbocycles. The molecule has 3 aliphatic rings. The summed E-state index contributed by atoms with van der Waals surface area (Å²) in [4.78, 5) is 33.7. The van der Waals surface area contributed by atoms with E-state index >= 15 is 4.79 Å². The maximum atomic E-state index is 15.2. The summed E-state index contributed by atoms with van der Waals surface area (Å²) in [7, 11) is 0. The predicted molar refractivity (Wildman–Crippen MR) is 235 cm³/mol. The van der Waals surface area contributed by atoms with Gasteiger partial charge in [-0.3, -0.25) is 14.9 Å². The monoisotopic (exact) mass is 829 g/mol. The summed E-state index contributed by atoms with van der Waals surface area (Å²) in [5, 5.41) is 48.9. The molecule has 0 bridgehead atoms. The van der Waals surface area contributed by atoms with Crippen LogP contribution in [0, 0.1) is 27.9 Å². The van der Waals surface area contributed by atoms with Crippen LogP contribution in [0.1, 0.15) is 74.5 Å². The number of aromatic hydroxyl groups is 1. The van der Waals surface area contributed by atoms with E-state index in [1.54, 1.807) is 47.4 Å². The van der Waals surface area contributed by atoms with Crippen LogP contribution in [0.2, 0.25) is 0 Å². The normalized spacial score (nSPS) is 23.5. The molecule has 1 aliphatic heterocycles. The number of rotatable bonds is 19. The molecule has 61 heavy (non-hydrogen) atoms. The molecule has 0 aromatic heterocycles. The number of hydrogen-bond acceptors (Lipinski definition) is 10. The Kier molecular flexibility index (Phi) is 14.0. The van der Waals surface area contributed by atoms with Crippen LogP contribution >= 0.6 is 0 Å². The maximum absolute atomic E-state index is 15.2. The molecule has 0 saturated heterocycles. The molecule has 1 heterocycles. The minimum absolute atomic E-state index is 0.00601. The lowest BCUT2D eigenvalue weighted by Crippen LogP contribution is -2.70. The zero-order valence-electron chi connectivity index (χ0n) is 34.6. The molecule has 0 unspecified atom stereocenters. The van der Waals surface area contributed by atoms with Crippen molar-refractivity contribution in [1.82, 2.24) is 4.90 Å². The molecule has 320 valence electrons. The van der Waals surface area contributed by atoms with E-state index in [2.05, 4.69) is 12.7 Å². The highest BCUT2D eigenvalue weighted by atomic mass is 16.7. The van der Waals surface area contributed by atoms with E-state index in [0.29, 0.717) is 36.5 Å². The number of phenols is 1. The van der Waals surface area contributed by atoms with Crippen LogP contribution in [-0.2, 0) is 20.9 Å². The van der Waals surface area contributed by atoms with E-state index in [0.717, 1.165) is 53.2 Å². The molecule has 0 spiro atoms. The minimum atomic E-state index is -1.49. The fourth-order valence-electron chi connectivity index (χ4n) is 9.73. The van der Waals surface area contributed by atoms with Gasteiger partial charge >= 0.3 is 0 Å². The van der Waals surface area contributed by atoms with E-state index in [4.69, 9.17) is 19.5 Å². The Labute approximate surface area is 356 Å². The average Bonchev–Trinajstić information content (AvgIpc) is 3.27. The van der Waals surface area contributed by atoms with Crippen LogP contribution in [0.25, 0.3) is 16.8 Å². The number of nitro benzene ring substituents is 1. The number of ether oxygens (including phenoxy) is 2. The van der Waals surface area contributed by atoms with Gasteiger partial charge in [0.15, 0.2) is 0 Å². The first-order chi connectivity index (χ1) is 29.7. The Morgan fingerprint density at radius 1 is 1.02 bits per heavy atom. The first-order valence-electron chi connectivity index (χ1n) is 21.3. The van der Waals surface area contributed by atoms with Gasteiger partial charge in [-0.25, -0.2) is 0 Å². The molecule has 1 fully saturated rings. The number of carbonyl (C=O) groups is 1. The lowest BCUT2D eigenvalue weighted by Gasteiger charge is -2.60. The molecule has 4 aromatic rings. The van der Waals surface area contributed by atoms with Crippen LogP contribution in [0.4, 0.5) is 5.69 Å². The fourth-order valence-corrected chi connectivity index (χ4v) is 9.73. The molecule has 3 N–H and O–H groups in total. The smallest absolute Gasteiger partial charge is 0.269 e. The van der Waals surface area contributed by atoms with E-state index in [9.17, 15) is 25.4 Å². The molecular formula is C49H55N3O9. The lowest BCUT2D eigenvalue weighted by molar-refractivity contribution is -0.384. The molecule has 4 aromatic carbocycles. The average molecular weight is 830 g/mol. The maximum Gasteiger partial charge on any atom is 0.269 e. The van der Waals surface area contributed by atoms with E-state index in [1.807, 2.05) is 49.4 Å². The van der Waals surface area contributed by atoms with Gasteiger partial charge in [0, 0.05) is 55.9 Å². The summed E-state index contributed by atoms with van der Waals surface area (Å²) in [5.41, 5.74) is 3.87. The van der Waals surface area contributed by atoms with Crippen molar-refractivity contribution in [3.05, 3.63) is 142 Å². The Bertz CT molecular complexity index is 2280. The number of aliphatic hydroxyl groups is 2. The molecule has 0 radical (unpaired) electrons. The summed E-state index contributed by atoms with van der Waals surface area (Å²) < 4.78 is 14.4. The highest BCUT2D eigenvalue weighted by Crippen LogP contribution is 2.62. The van der Waals surface area contributed by atoms with Crippen LogP contribution in [0.15, 0.2) is 120 Å². The number of allylic oxidation sites excluding steroid dienone is 1. The van der Waals surface area contributed by atoms with Crippen molar-refractivity contribution in [3.63, 3.8) is 0 Å². The number of fused-ring (bicyclic) bond motifs is 3. The zero-order chi connectivity index (χ0) is 42.9. The Morgan fingerprint density at radius 3 is 2.51 bits per heavy atom. The zero-order valence-corrected chi connectivity index (χ0v) is 34.6. The molecule has 7 rings (SSSR count). The number of amides is 1. The Hall–Kier alpha value is -5.82. The van der Waals surface area contributed by atoms with Gasteiger partial charge in [0.05, 0.1) is 23.2 Å². The third-order valence-corrected chi connectivity index (χ3v) is 12.4. The first-order valence-corrected chi connectivity index (χ1v) is 21.3. The summed E-state index contributed by atoms with van der Waals surface area (Å²) in [6.45, 7) is 6.63. The number of oxime groups is 1.